The lowest BCUT2D eigenvalue weighted by atomic mass is 10.2. The Morgan fingerprint density at radius 3 is 2.79 bits per heavy atom. The predicted octanol–water partition coefficient (Wildman–Crippen LogP) is 3.90. The van der Waals surface area contributed by atoms with Crippen molar-refractivity contribution in [3.8, 4) is 0 Å². The van der Waals surface area contributed by atoms with Crippen molar-refractivity contribution < 1.29 is 4.92 Å². The monoisotopic (exact) mass is 384 g/mol. The maximum absolute atomic E-state index is 10.9. The molecular formula is C15H17ClN4O2S2. The molecule has 0 amide bonds. The number of halogens is 1. The lowest BCUT2D eigenvalue weighted by molar-refractivity contribution is -0.384. The Bertz CT molecular complexity index is 722. The van der Waals surface area contributed by atoms with Crippen LogP contribution < -0.4 is 10.6 Å². The average Bonchev–Trinajstić information content (AvgIpc) is 3.03. The van der Waals surface area contributed by atoms with E-state index in [0.29, 0.717) is 22.4 Å². The molecule has 9 heteroatoms. The molecule has 1 heterocycles. The van der Waals surface area contributed by atoms with Gasteiger partial charge in [0.2, 0.25) is 0 Å². The largest absolute Gasteiger partial charge is 0.360 e. The Balaban J connectivity index is 2.00. The van der Waals surface area contributed by atoms with Gasteiger partial charge in [0.1, 0.15) is 0 Å². The fourth-order valence-electron chi connectivity index (χ4n) is 2.10. The Labute approximate surface area is 154 Å². The number of nitro benzene ring substituents is 1. The third kappa shape index (κ3) is 4.88. The van der Waals surface area contributed by atoms with E-state index < -0.39 is 4.92 Å². The second-order valence-corrected chi connectivity index (χ2v) is 7.05. The number of hydrogen-bond acceptors (Lipinski definition) is 5. The Kier molecular flexibility index (Phi) is 6.50. The number of thiocarbonyl (C=S) groups is 1. The van der Waals surface area contributed by atoms with Gasteiger partial charge in [-0.25, -0.2) is 0 Å². The molecular weight excluding hydrogens is 368 g/mol. The van der Waals surface area contributed by atoms with E-state index in [1.165, 1.54) is 23.1 Å². The summed E-state index contributed by atoms with van der Waals surface area (Å²) in [5.41, 5.74) is 0.357. The Morgan fingerprint density at radius 2 is 2.21 bits per heavy atom. The molecule has 1 aromatic carbocycles. The normalized spacial score (nSPS) is 12.0. The fourth-order valence-corrected chi connectivity index (χ4v) is 3.38. The zero-order valence-electron chi connectivity index (χ0n) is 13.2. The predicted molar refractivity (Wildman–Crippen MR) is 103 cm³/mol. The summed E-state index contributed by atoms with van der Waals surface area (Å²) in [5, 5.41) is 19.7. The highest BCUT2D eigenvalue weighted by Gasteiger charge is 2.16. The lowest BCUT2D eigenvalue weighted by Crippen LogP contribution is -2.36. The first-order chi connectivity index (χ1) is 11.4. The molecule has 24 heavy (non-hydrogen) atoms. The van der Waals surface area contributed by atoms with Crippen molar-refractivity contribution in [3.05, 3.63) is 55.7 Å². The van der Waals surface area contributed by atoms with E-state index in [9.17, 15) is 10.1 Å². The molecule has 0 aliphatic carbocycles. The number of benzene rings is 1. The Morgan fingerprint density at radius 1 is 1.46 bits per heavy atom. The van der Waals surface area contributed by atoms with E-state index in [1.807, 2.05) is 25.5 Å². The molecule has 0 saturated heterocycles. The molecule has 0 spiro atoms. The van der Waals surface area contributed by atoms with Crippen LogP contribution in [0.3, 0.4) is 0 Å². The molecule has 6 nitrogen and oxygen atoms in total. The summed E-state index contributed by atoms with van der Waals surface area (Å²) in [6, 6.07) is 8.44. The molecule has 0 bridgehead atoms. The van der Waals surface area contributed by atoms with E-state index >= 15 is 0 Å². The van der Waals surface area contributed by atoms with Crippen molar-refractivity contribution >= 4 is 51.6 Å². The van der Waals surface area contributed by atoms with Crippen LogP contribution in [-0.2, 0) is 0 Å². The maximum Gasteiger partial charge on any atom is 0.271 e. The smallest absolute Gasteiger partial charge is 0.271 e. The maximum atomic E-state index is 10.9. The number of rotatable bonds is 6. The van der Waals surface area contributed by atoms with Gasteiger partial charge < -0.3 is 15.5 Å². The number of thiophene rings is 1. The highest BCUT2D eigenvalue weighted by atomic mass is 35.5. The zero-order valence-corrected chi connectivity index (χ0v) is 15.5. The highest BCUT2D eigenvalue weighted by Crippen LogP contribution is 2.27. The van der Waals surface area contributed by atoms with Crippen LogP contribution >= 0.6 is 35.2 Å². The van der Waals surface area contributed by atoms with Crippen LogP contribution in [0.5, 0.6) is 0 Å². The summed E-state index contributed by atoms with van der Waals surface area (Å²) in [4.78, 5) is 13.7. The molecule has 0 aliphatic rings. The molecule has 0 saturated carbocycles. The number of hydrogen-bond donors (Lipinski definition) is 2. The molecule has 0 aliphatic heterocycles. The van der Waals surface area contributed by atoms with Crippen molar-refractivity contribution in [2.75, 3.05) is 26.0 Å². The van der Waals surface area contributed by atoms with E-state index in [0.717, 1.165) is 0 Å². The summed E-state index contributed by atoms with van der Waals surface area (Å²) < 4.78 is 0. The number of nitrogens with zero attached hydrogens (tertiary/aromatic N) is 2. The van der Waals surface area contributed by atoms with Gasteiger partial charge in [-0.05, 0) is 43.8 Å². The van der Waals surface area contributed by atoms with Gasteiger partial charge in [0.25, 0.3) is 5.69 Å². The SMILES string of the molecule is CN(C)[C@@H](CNC(=S)Nc1cc([N+](=O)[O-])ccc1Cl)c1cccs1. The molecule has 1 aromatic heterocycles. The topological polar surface area (TPSA) is 70.4 Å². The Hall–Kier alpha value is -1.74. The summed E-state index contributed by atoms with van der Waals surface area (Å²) in [6.07, 6.45) is 0. The highest BCUT2D eigenvalue weighted by molar-refractivity contribution is 7.80. The molecule has 0 radical (unpaired) electrons. The van der Waals surface area contributed by atoms with Gasteiger partial charge in [-0.3, -0.25) is 10.1 Å². The van der Waals surface area contributed by atoms with Gasteiger partial charge in [0.05, 0.1) is 21.7 Å². The zero-order chi connectivity index (χ0) is 17.7. The van der Waals surface area contributed by atoms with Crippen LogP contribution in [0.15, 0.2) is 35.7 Å². The van der Waals surface area contributed by atoms with Crippen LogP contribution in [0.2, 0.25) is 5.02 Å². The number of anilines is 1. The van der Waals surface area contributed by atoms with Crippen LogP contribution in [0.4, 0.5) is 11.4 Å². The molecule has 1 atom stereocenters. The minimum absolute atomic E-state index is 0.0468. The lowest BCUT2D eigenvalue weighted by Gasteiger charge is -2.24. The standard InChI is InChI=1S/C15H17ClN4O2S2/c1-19(2)13(14-4-3-7-24-14)9-17-15(23)18-12-8-10(20(21)22)5-6-11(12)16/h3-8,13H,9H2,1-2H3,(H2,17,18,23)/t13-/m0/s1. The van der Waals surface area contributed by atoms with Crippen LogP contribution in [0.25, 0.3) is 0 Å². The van der Waals surface area contributed by atoms with E-state index in [2.05, 4.69) is 21.6 Å². The van der Waals surface area contributed by atoms with E-state index in [4.69, 9.17) is 23.8 Å². The van der Waals surface area contributed by atoms with Crippen molar-refractivity contribution in [1.82, 2.24) is 10.2 Å². The van der Waals surface area contributed by atoms with Crippen LogP contribution in [0.1, 0.15) is 10.9 Å². The summed E-state index contributed by atoms with van der Waals surface area (Å²) in [5.74, 6) is 0. The molecule has 2 rings (SSSR count). The third-order valence-corrected chi connectivity index (χ3v) is 4.91. The minimum atomic E-state index is -0.475. The first kappa shape index (κ1) is 18.6. The average molecular weight is 385 g/mol. The van der Waals surface area contributed by atoms with Crippen molar-refractivity contribution in [3.63, 3.8) is 0 Å². The van der Waals surface area contributed by atoms with Crippen LogP contribution in [0, 0.1) is 10.1 Å². The molecule has 0 unspecified atom stereocenters. The van der Waals surface area contributed by atoms with Gasteiger partial charge >= 0.3 is 0 Å². The molecule has 0 fully saturated rings. The van der Waals surface area contributed by atoms with Crippen molar-refractivity contribution in [2.45, 2.75) is 6.04 Å². The van der Waals surface area contributed by atoms with Gasteiger partial charge in [-0.2, -0.15) is 0 Å². The second kappa shape index (κ2) is 8.39. The van der Waals surface area contributed by atoms with Gasteiger partial charge in [0.15, 0.2) is 5.11 Å². The van der Waals surface area contributed by atoms with Crippen LogP contribution in [-0.4, -0.2) is 35.6 Å². The summed E-state index contributed by atoms with van der Waals surface area (Å²) in [6.45, 7) is 0.603. The van der Waals surface area contributed by atoms with Gasteiger partial charge in [-0.15, -0.1) is 11.3 Å². The summed E-state index contributed by atoms with van der Waals surface area (Å²) >= 11 is 13.0. The molecule has 2 aromatic rings. The van der Waals surface area contributed by atoms with E-state index in [-0.39, 0.29) is 11.7 Å². The number of non-ortho nitro benzene ring substituents is 1. The second-order valence-electron chi connectivity index (χ2n) is 5.25. The molecule has 128 valence electrons. The van der Waals surface area contributed by atoms with Crippen molar-refractivity contribution in [1.29, 1.82) is 0 Å². The number of nitro groups is 1. The number of nitrogens with one attached hydrogen (secondary N) is 2. The molecule has 2 N–H and O–H groups in total. The number of likely N-dealkylation sites (N-methyl/N-ethyl adjacent to an activating group) is 1. The fraction of sp³-hybridized carbons (Fsp3) is 0.267. The summed E-state index contributed by atoms with van der Waals surface area (Å²) in [7, 11) is 4.00. The van der Waals surface area contributed by atoms with Crippen molar-refractivity contribution in [2.24, 2.45) is 0 Å². The van der Waals surface area contributed by atoms with E-state index in [1.54, 1.807) is 11.3 Å². The van der Waals surface area contributed by atoms with Gasteiger partial charge in [-0.1, -0.05) is 17.7 Å². The quantitative estimate of drug-likeness (QED) is 0.447. The third-order valence-electron chi connectivity index (χ3n) is 3.36. The minimum Gasteiger partial charge on any atom is -0.360 e. The first-order valence-corrected chi connectivity index (χ1v) is 8.73. The first-order valence-electron chi connectivity index (χ1n) is 7.07. The van der Waals surface area contributed by atoms with Gasteiger partial charge in [0, 0.05) is 23.6 Å².